The zero-order valence-corrected chi connectivity index (χ0v) is 7.36. The third kappa shape index (κ3) is 7.54. The van der Waals surface area contributed by atoms with Crippen molar-refractivity contribution in [1.82, 2.24) is 0 Å². The van der Waals surface area contributed by atoms with Crippen LogP contribution < -0.4 is 5.11 Å². The summed E-state index contributed by atoms with van der Waals surface area (Å²) in [6, 6.07) is 0. The Kier molecular flexibility index (Phi) is 1.23. The van der Waals surface area contributed by atoms with Crippen LogP contribution in [-0.2, 0) is 14.3 Å². The maximum Gasteiger partial charge on any atom is 0.303 e. The van der Waals surface area contributed by atoms with Crippen molar-refractivity contribution >= 4 is 11.9 Å². The van der Waals surface area contributed by atoms with Crippen LogP contribution >= 0.6 is 0 Å². The summed E-state index contributed by atoms with van der Waals surface area (Å²) in [6.45, 7) is -12.2. The highest BCUT2D eigenvalue weighted by Crippen LogP contribution is 2.04. The second-order valence-corrected chi connectivity index (χ2v) is 2.52. The van der Waals surface area contributed by atoms with Gasteiger partial charge in [-0.25, -0.2) is 0 Å². The second kappa shape index (κ2) is 4.95. The molecule has 0 amide bonds. The zero-order chi connectivity index (χ0) is 20.6. The molecule has 0 unspecified atom stereocenters. The summed E-state index contributed by atoms with van der Waals surface area (Å²) in [5.41, 5.74) is 0. The van der Waals surface area contributed by atoms with E-state index in [4.69, 9.17) is 15.1 Å². The number of carboxylic acids is 1. The highest BCUT2D eigenvalue weighted by Gasteiger charge is 2.20. The number of quaternary nitrogens is 1. The minimum Gasteiger partial charge on any atom is -0.550 e. The summed E-state index contributed by atoms with van der Waals surface area (Å²) in [5.74, 6) is -3.70. The molecule has 0 radical (unpaired) electrons. The van der Waals surface area contributed by atoms with E-state index in [9.17, 15) is 14.7 Å². The maximum atomic E-state index is 11.1. The van der Waals surface area contributed by atoms with Crippen molar-refractivity contribution in [3.05, 3.63) is 0 Å². The van der Waals surface area contributed by atoms with E-state index in [1.54, 1.807) is 0 Å². The smallest absolute Gasteiger partial charge is 0.303 e. The van der Waals surface area contributed by atoms with E-state index in [1.165, 1.54) is 0 Å². The minimum absolute atomic E-state index is 0.729. The van der Waals surface area contributed by atoms with Gasteiger partial charge in [0, 0.05) is 22.0 Å². The molecule has 0 aromatic heterocycles. The van der Waals surface area contributed by atoms with E-state index < -0.39 is 56.4 Å². The summed E-state index contributed by atoms with van der Waals surface area (Å²) in [7, 11) is 0. The lowest BCUT2D eigenvalue weighted by Crippen LogP contribution is -2.45. The third-order valence-corrected chi connectivity index (χ3v) is 1.03. The lowest BCUT2D eigenvalue weighted by Gasteiger charge is -2.28. The normalized spacial score (nSPS) is 28.8. The molecule has 0 aliphatic carbocycles. The molecule has 0 heterocycles. The highest BCUT2D eigenvalue weighted by molar-refractivity contribution is 5.68. The van der Waals surface area contributed by atoms with Crippen LogP contribution in [0.5, 0.6) is 0 Å². The van der Waals surface area contributed by atoms with Crippen molar-refractivity contribution in [2.75, 3.05) is 27.5 Å². The molecule has 0 rings (SSSR count). The van der Waals surface area contributed by atoms with Crippen LogP contribution in [0.15, 0.2) is 0 Å². The number of carbonyl (C=O) groups excluding carboxylic acids is 2. The van der Waals surface area contributed by atoms with Crippen molar-refractivity contribution in [3.8, 4) is 0 Å². The fourth-order valence-electron chi connectivity index (χ4n) is 0.693. The predicted molar refractivity (Wildman–Crippen MR) is 48.1 cm³/mol. The maximum absolute atomic E-state index is 11.1. The molecular formula is C9H17NO4. The predicted octanol–water partition coefficient (Wildman–Crippen LogP) is -1.24. The Balaban J connectivity index is 6.56. The van der Waals surface area contributed by atoms with E-state index in [2.05, 4.69) is 4.74 Å². The molecule has 5 heteroatoms. The molecule has 1 atom stereocenters. The van der Waals surface area contributed by atoms with Crippen molar-refractivity contribution in [3.63, 3.8) is 0 Å². The first-order chi connectivity index (χ1) is 10.7. The van der Waals surface area contributed by atoms with Crippen LogP contribution in [0.1, 0.15) is 28.4 Å². The van der Waals surface area contributed by atoms with Gasteiger partial charge in [0.2, 0.25) is 0 Å². The lowest BCUT2D eigenvalue weighted by atomic mass is 10.2. The summed E-state index contributed by atoms with van der Waals surface area (Å²) >= 11 is 0. The van der Waals surface area contributed by atoms with Crippen molar-refractivity contribution in [2.45, 2.75) is 19.4 Å². The molecule has 0 aliphatic heterocycles. The van der Waals surface area contributed by atoms with Gasteiger partial charge >= 0.3 is 5.97 Å². The van der Waals surface area contributed by atoms with Gasteiger partial charge in [-0.3, -0.25) is 4.79 Å². The van der Waals surface area contributed by atoms with E-state index in [1.807, 2.05) is 0 Å². The first-order valence-electron chi connectivity index (χ1n) is 8.99. The summed E-state index contributed by atoms with van der Waals surface area (Å²) < 4.78 is 83.1. The largest absolute Gasteiger partial charge is 0.550 e. The number of carboxylic acid groups (broad SMARTS) is 1. The van der Waals surface area contributed by atoms with Gasteiger partial charge in [-0.15, -0.1) is 0 Å². The van der Waals surface area contributed by atoms with E-state index in [0.717, 1.165) is 6.92 Å². The van der Waals surface area contributed by atoms with Crippen molar-refractivity contribution < 1.29 is 39.0 Å². The van der Waals surface area contributed by atoms with Crippen LogP contribution in [0, 0.1) is 0 Å². The molecule has 5 nitrogen and oxygen atoms in total. The quantitative estimate of drug-likeness (QED) is 0.424. The number of ether oxygens (including phenoxy) is 1. The summed E-state index contributed by atoms with van der Waals surface area (Å²) in [6.07, 6.45) is -6.09. The molecule has 82 valence electrons. The average Bonchev–Trinajstić information content (AvgIpc) is 2.28. The second-order valence-electron chi connectivity index (χ2n) is 2.52. The van der Waals surface area contributed by atoms with Gasteiger partial charge in [0.15, 0.2) is 6.10 Å². The Hall–Kier alpha value is -1.10. The molecule has 0 aromatic carbocycles. The molecule has 0 fully saturated rings. The molecule has 0 N–H and O–H groups in total. The van der Waals surface area contributed by atoms with Gasteiger partial charge in [0.05, 0.1) is 33.3 Å². The topological polar surface area (TPSA) is 66.4 Å². The number of nitrogens with zero attached hydrogens (tertiary/aromatic N) is 1. The fraction of sp³-hybridized carbons (Fsp3) is 0.778. The number of rotatable bonds is 5. The monoisotopic (exact) mass is 214 g/mol. The Morgan fingerprint density at radius 2 is 2.14 bits per heavy atom. The van der Waals surface area contributed by atoms with Crippen LogP contribution in [0.25, 0.3) is 0 Å². The number of hydrogen-bond donors (Lipinski definition) is 0. The summed E-state index contributed by atoms with van der Waals surface area (Å²) in [5, 5.41) is 11.0. The number of carbonyl (C=O) groups is 2. The fourth-order valence-corrected chi connectivity index (χ4v) is 0.693. The van der Waals surface area contributed by atoms with Crippen molar-refractivity contribution in [1.29, 1.82) is 0 Å². The van der Waals surface area contributed by atoms with Crippen LogP contribution in [0.3, 0.4) is 0 Å². The number of aliphatic carboxylic acids is 1. The molecule has 0 saturated carbocycles. The van der Waals surface area contributed by atoms with E-state index >= 15 is 0 Å². The van der Waals surface area contributed by atoms with Crippen LogP contribution in [0.4, 0.5) is 0 Å². The van der Waals surface area contributed by atoms with Crippen LogP contribution in [-0.4, -0.2) is 50.0 Å². The molecule has 14 heavy (non-hydrogen) atoms. The molecule has 0 saturated heterocycles. The van der Waals surface area contributed by atoms with Gasteiger partial charge in [-0.05, 0) is 0 Å². The standard InChI is InChI=1S/C9H17NO4/c1-7(11)14-8(5-9(12)13)6-10(2,3)4/h8H,5-6H2,1-4H3/t8-/m1/s1/i2D3,3D3,4D3,5D2. The van der Waals surface area contributed by atoms with Gasteiger partial charge < -0.3 is 19.1 Å². The Morgan fingerprint density at radius 3 is 2.50 bits per heavy atom. The SMILES string of the molecule is [2H]C([2H])(C(=O)[O-])[C@H](C[N+](C([2H])([2H])[2H])(C([2H])([2H])[2H])C([2H])([2H])[2H])OC(C)=O. The highest BCUT2D eigenvalue weighted by atomic mass is 16.5. The third-order valence-electron chi connectivity index (χ3n) is 1.03. The molecule has 0 bridgehead atoms. The van der Waals surface area contributed by atoms with Crippen molar-refractivity contribution in [2.24, 2.45) is 0 Å². The first kappa shape index (κ1) is 3.48. The Bertz CT molecular complexity index is 485. The minimum atomic E-state index is -3.75. The molecule has 0 spiro atoms. The molecular weight excluding hydrogens is 186 g/mol. The van der Waals surface area contributed by atoms with E-state index in [-0.39, 0.29) is 0 Å². The number of likely N-dealkylation sites (N-methyl/N-ethyl adjacent to an activating group) is 1. The Labute approximate surface area is 99.3 Å². The zero-order valence-electron chi connectivity index (χ0n) is 18.4. The number of esters is 1. The van der Waals surface area contributed by atoms with E-state index in [0.29, 0.717) is 0 Å². The van der Waals surface area contributed by atoms with Gasteiger partial charge in [-0.1, -0.05) is 0 Å². The van der Waals surface area contributed by atoms with Gasteiger partial charge in [-0.2, -0.15) is 0 Å². The number of hydrogen-bond acceptors (Lipinski definition) is 4. The molecule has 0 aromatic rings. The average molecular weight is 214 g/mol. The lowest BCUT2D eigenvalue weighted by molar-refractivity contribution is -0.873. The molecule has 0 aliphatic rings. The van der Waals surface area contributed by atoms with Gasteiger partial charge in [0.25, 0.3) is 0 Å². The van der Waals surface area contributed by atoms with Crippen LogP contribution in [0.2, 0.25) is 0 Å². The first-order valence-corrected chi connectivity index (χ1v) is 3.49. The van der Waals surface area contributed by atoms with Gasteiger partial charge in [0.1, 0.15) is 6.54 Å². The summed E-state index contributed by atoms with van der Waals surface area (Å²) in [4.78, 5) is 22.1. The Morgan fingerprint density at radius 1 is 1.57 bits per heavy atom.